The Kier molecular flexibility index (Phi) is 4.51. The van der Waals surface area contributed by atoms with E-state index in [2.05, 4.69) is 29.3 Å². The van der Waals surface area contributed by atoms with E-state index < -0.39 is 0 Å². The summed E-state index contributed by atoms with van der Waals surface area (Å²) >= 11 is 0. The molecule has 0 atom stereocenters. The molecule has 0 bridgehead atoms. The van der Waals surface area contributed by atoms with Crippen molar-refractivity contribution in [3.8, 4) is 5.75 Å². The van der Waals surface area contributed by atoms with Gasteiger partial charge >= 0.3 is 0 Å². The maximum atomic E-state index is 12.4. The molecule has 0 unspecified atom stereocenters. The van der Waals surface area contributed by atoms with E-state index in [9.17, 15) is 4.79 Å². The summed E-state index contributed by atoms with van der Waals surface area (Å²) in [6, 6.07) is 13.4. The molecule has 0 aliphatic carbocycles. The zero-order chi connectivity index (χ0) is 16.2. The van der Waals surface area contributed by atoms with Crippen molar-refractivity contribution < 1.29 is 9.53 Å². The lowest BCUT2D eigenvalue weighted by molar-refractivity contribution is 0.102. The van der Waals surface area contributed by atoms with Gasteiger partial charge in [-0.25, -0.2) is 0 Å². The molecule has 0 saturated carbocycles. The number of ether oxygens (including phenoxy) is 1. The van der Waals surface area contributed by atoms with Gasteiger partial charge < -0.3 is 15.0 Å². The van der Waals surface area contributed by atoms with Crippen LogP contribution in [0.25, 0.3) is 0 Å². The summed E-state index contributed by atoms with van der Waals surface area (Å²) in [5, 5.41) is 2.98. The van der Waals surface area contributed by atoms with Crippen LogP contribution in [0.5, 0.6) is 5.75 Å². The Morgan fingerprint density at radius 3 is 2.87 bits per heavy atom. The third-order valence-corrected chi connectivity index (χ3v) is 4.12. The van der Waals surface area contributed by atoms with Gasteiger partial charge in [-0.1, -0.05) is 12.1 Å². The summed E-state index contributed by atoms with van der Waals surface area (Å²) in [5.41, 5.74) is 4.01. The Bertz CT molecular complexity index is 712. The second-order valence-corrected chi connectivity index (χ2v) is 5.59. The van der Waals surface area contributed by atoms with E-state index in [-0.39, 0.29) is 5.91 Å². The van der Waals surface area contributed by atoms with E-state index in [1.165, 1.54) is 11.3 Å². The summed E-state index contributed by atoms with van der Waals surface area (Å²) in [5.74, 6) is 0.596. The van der Waals surface area contributed by atoms with Crippen molar-refractivity contribution in [3.63, 3.8) is 0 Å². The maximum absolute atomic E-state index is 12.4. The fourth-order valence-corrected chi connectivity index (χ4v) is 2.95. The van der Waals surface area contributed by atoms with E-state index in [4.69, 9.17) is 4.74 Å². The van der Waals surface area contributed by atoms with Crippen molar-refractivity contribution in [2.24, 2.45) is 0 Å². The fraction of sp³-hybridized carbons (Fsp3) is 0.316. The van der Waals surface area contributed by atoms with E-state index in [0.29, 0.717) is 17.9 Å². The van der Waals surface area contributed by atoms with Gasteiger partial charge in [0.25, 0.3) is 5.91 Å². The standard InChI is InChI=1S/C19H22N2O2/c1-3-21-11-10-14-8-9-16(13-18(14)21)20-19(22)15-6-5-7-17(12-15)23-4-2/h5-9,12-13H,3-4,10-11H2,1-2H3,(H,20,22). The topological polar surface area (TPSA) is 41.6 Å². The van der Waals surface area contributed by atoms with Crippen molar-refractivity contribution in [3.05, 3.63) is 53.6 Å². The number of nitrogens with zero attached hydrogens (tertiary/aromatic N) is 1. The number of hydrogen-bond donors (Lipinski definition) is 1. The van der Waals surface area contributed by atoms with Crippen LogP contribution in [0.3, 0.4) is 0 Å². The number of carbonyl (C=O) groups excluding carboxylic acids is 1. The molecule has 1 aliphatic rings. The van der Waals surface area contributed by atoms with Crippen LogP contribution in [-0.4, -0.2) is 25.6 Å². The lowest BCUT2D eigenvalue weighted by atomic mass is 10.1. The van der Waals surface area contributed by atoms with Crippen LogP contribution in [0.15, 0.2) is 42.5 Å². The van der Waals surface area contributed by atoms with Crippen molar-refractivity contribution >= 4 is 17.3 Å². The number of fused-ring (bicyclic) bond motifs is 1. The summed E-state index contributed by atoms with van der Waals surface area (Å²) in [7, 11) is 0. The van der Waals surface area contributed by atoms with Crippen LogP contribution in [0.2, 0.25) is 0 Å². The highest BCUT2D eigenvalue weighted by Crippen LogP contribution is 2.30. The second kappa shape index (κ2) is 6.73. The molecule has 120 valence electrons. The van der Waals surface area contributed by atoms with Gasteiger partial charge in [0.15, 0.2) is 0 Å². The minimum Gasteiger partial charge on any atom is -0.494 e. The maximum Gasteiger partial charge on any atom is 0.255 e. The van der Waals surface area contributed by atoms with Crippen LogP contribution in [0, 0.1) is 0 Å². The van der Waals surface area contributed by atoms with Gasteiger partial charge in [-0.2, -0.15) is 0 Å². The summed E-state index contributed by atoms with van der Waals surface area (Å²) in [6.07, 6.45) is 1.08. The highest BCUT2D eigenvalue weighted by molar-refractivity contribution is 6.04. The molecule has 1 aliphatic heterocycles. The minimum absolute atomic E-state index is 0.118. The monoisotopic (exact) mass is 310 g/mol. The molecule has 1 amide bonds. The largest absolute Gasteiger partial charge is 0.494 e. The van der Waals surface area contributed by atoms with Gasteiger partial charge in [-0.15, -0.1) is 0 Å². The van der Waals surface area contributed by atoms with Crippen LogP contribution in [-0.2, 0) is 6.42 Å². The number of carbonyl (C=O) groups is 1. The van der Waals surface area contributed by atoms with Crippen molar-refractivity contribution in [2.45, 2.75) is 20.3 Å². The van der Waals surface area contributed by atoms with Crippen LogP contribution in [0.4, 0.5) is 11.4 Å². The molecule has 4 nitrogen and oxygen atoms in total. The van der Waals surface area contributed by atoms with Crippen molar-refractivity contribution in [1.82, 2.24) is 0 Å². The van der Waals surface area contributed by atoms with Crippen molar-refractivity contribution in [2.75, 3.05) is 29.9 Å². The predicted octanol–water partition coefficient (Wildman–Crippen LogP) is 3.72. The predicted molar refractivity (Wildman–Crippen MR) is 93.6 cm³/mol. The first-order valence-electron chi connectivity index (χ1n) is 8.13. The van der Waals surface area contributed by atoms with Gasteiger partial charge in [0, 0.05) is 30.0 Å². The SMILES string of the molecule is CCOc1cccc(C(=O)Nc2ccc3c(c2)N(CC)CC3)c1. The number of likely N-dealkylation sites (N-methyl/N-ethyl adjacent to an activating group) is 1. The van der Waals surface area contributed by atoms with Crippen LogP contribution in [0.1, 0.15) is 29.8 Å². The number of rotatable bonds is 5. The molecular formula is C19H22N2O2. The quantitative estimate of drug-likeness (QED) is 0.915. The molecule has 4 heteroatoms. The molecule has 1 N–H and O–H groups in total. The highest BCUT2D eigenvalue weighted by atomic mass is 16.5. The zero-order valence-electron chi connectivity index (χ0n) is 13.6. The Balaban J connectivity index is 1.77. The molecule has 0 spiro atoms. The smallest absolute Gasteiger partial charge is 0.255 e. The third kappa shape index (κ3) is 3.31. The molecule has 0 aromatic heterocycles. The van der Waals surface area contributed by atoms with Gasteiger partial charge in [0.1, 0.15) is 5.75 Å². The number of hydrogen-bond acceptors (Lipinski definition) is 3. The lowest BCUT2D eigenvalue weighted by Crippen LogP contribution is -2.19. The number of amides is 1. The van der Waals surface area contributed by atoms with Crippen molar-refractivity contribution in [1.29, 1.82) is 0 Å². The second-order valence-electron chi connectivity index (χ2n) is 5.59. The van der Waals surface area contributed by atoms with Gasteiger partial charge in [0.05, 0.1) is 6.61 Å². The number of benzene rings is 2. The molecule has 0 radical (unpaired) electrons. The number of anilines is 2. The van der Waals surface area contributed by atoms with E-state index in [0.717, 1.165) is 25.2 Å². The van der Waals surface area contributed by atoms with Crippen LogP contribution >= 0.6 is 0 Å². The summed E-state index contributed by atoms with van der Waals surface area (Å²) in [4.78, 5) is 14.8. The average molecular weight is 310 g/mol. The van der Waals surface area contributed by atoms with Crippen LogP contribution < -0.4 is 15.0 Å². The average Bonchev–Trinajstić information content (AvgIpc) is 2.98. The molecular weight excluding hydrogens is 288 g/mol. The Labute approximate surface area is 137 Å². The first kappa shape index (κ1) is 15.4. The van der Waals surface area contributed by atoms with Gasteiger partial charge in [0.2, 0.25) is 0 Å². The lowest BCUT2D eigenvalue weighted by Gasteiger charge is -2.17. The Morgan fingerprint density at radius 2 is 2.09 bits per heavy atom. The molecule has 1 heterocycles. The first-order chi connectivity index (χ1) is 11.2. The molecule has 23 heavy (non-hydrogen) atoms. The highest BCUT2D eigenvalue weighted by Gasteiger charge is 2.18. The van der Waals surface area contributed by atoms with E-state index >= 15 is 0 Å². The fourth-order valence-electron chi connectivity index (χ4n) is 2.95. The molecule has 0 saturated heterocycles. The minimum atomic E-state index is -0.118. The third-order valence-electron chi connectivity index (χ3n) is 4.12. The zero-order valence-corrected chi connectivity index (χ0v) is 13.6. The molecule has 2 aromatic rings. The van der Waals surface area contributed by atoms with Gasteiger partial charge in [-0.3, -0.25) is 4.79 Å². The summed E-state index contributed by atoms with van der Waals surface area (Å²) in [6.45, 7) is 6.71. The van der Waals surface area contributed by atoms with Gasteiger partial charge in [-0.05, 0) is 56.2 Å². The molecule has 2 aromatic carbocycles. The van der Waals surface area contributed by atoms with E-state index in [1.807, 2.05) is 25.1 Å². The Hall–Kier alpha value is -2.49. The molecule has 3 rings (SSSR count). The Morgan fingerprint density at radius 1 is 1.22 bits per heavy atom. The van der Waals surface area contributed by atoms with E-state index in [1.54, 1.807) is 12.1 Å². The number of nitrogens with one attached hydrogen (secondary N) is 1. The first-order valence-corrected chi connectivity index (χ1v) is 8.13. The normalized spacial score (nSPS) is 12.9. The summed E-state index contributed by atoms with van der Waals surface area (Å²) < 4.78 is 5.45. The molecule has 0 fully saturated rings.